The molecule has 1 heterocycles. The van der Waals surface area contributed by atoms with E-state index in [1.807, 2.05) is 36.4 Å². The Bertz CT molecular complexity index is 758. The molecule has 0 radical (unpaired) electrons. The van der Waals surface area contributed by atoms with Crippen molar-refractivity contribution in [1.82, 2.24) is 10.2 Å². The molecule has 0 aromatic heterocycles. The Morgan fingerprint density at radius 1 is 1.07 bits per heavy atom. The van der Waals surface area contributed by atoms with E-state index in [4.69, 9.17) is 9.47 Å². The summed E-state index contributed by atoms with van der Waals surface area (Å²) in [7, 11) is 1.67. The number of methoxy groups -OCH3 is 1. The summed E-state index contributed by atoms with van der Waals surface area (Å²) in [6.45, 7) is 4.43. The molecule has 1 aliphatic heterocycles. The van der Waals surface area contributed by atoms with Gasteiger partial charge in [0.25, 0.3) is 5.91 Å². The SMILES string of the molecule is COc1ccc([C@@H](CNC(=O)[C@@H](C)Oc2ccc(Br)cc2)N2CCCC2)cc1. The third-order valence-corrected chi connectivity index (χ3v) is 5.58. The van der Waals surface area contributed by atoms with Crippen LogP contribution in [0.3, 0.4) is 0 Å². The number of rotatable bonds is 8. The van der Waals surface area contributed by atoms with Gasteiger partial charge in [-0.25, -0.2) is 0 Å². The van der Waals surface area contributed by atoms with Gasteiger partial charge in [-0.1, -0.05) is 28.1 Å². The molecule has 1 N–H and O–H groups in total. The fraction of sp³-hybridized carbons (Fsp3) is 0.409. The molecule has 2 aromatic rings. The summed E-state index contributed by atoms with van der Waals surface area (Å²) in [5.74, 6) is 1.40. The van der Waals surface area contributed by atoms with Gasteiger partial charge in [-0.3, -0.25) is 9.69 Å². The molecule has 2 atom stereocenters. The summed E-state index contributed by atoms with van der Waals surface area (Å²) < 4.78 is 12.0. The molecular weight excluding hydrogens is 420 g/mol. The summed E-state index contributed by atoms with van der Waals surface area (Å²) in [6, 6.07) is 15.7. The van der Waals surface area contributed by atoms with Crippen molar-refractivity contribution in [2.24, 2.45) is 0 Å². The van der Waals surface area contributed by atoms with Crippen molar-refractivity contribution >= 4 is 21.8 Å². The highest BCUT2D eigenvalue weighted by molar-refractivity contribution is 9.10. The van der Waals surface area contributed by atoms with E-state index >= 15 is 0 Å². The number of hydrogen-bond acceptors (Lipinski definition) is 4. The van der Waals surface area contributed by atoms with E-state index in [-0.39, 0.29) is 11.9 Å². The maximum Gasteiger partial charge on any atom is 0.260 e. The molecule has 0 aliphatic carbocycles. The van der Waals surface area contributed by atoms with Gasteiger partial charge in [0.05, 0.1) is 13.2 Å². The van der Waals surface area contributed by atoms with E-state index in [1.54, 1.807) is 14.0 Å². The summed E-state index contributed by atoms with van der Waals surface area (Å²) in [5.41, 5.74) is 1.18. The first kappa shape index (κ1) is 20.7. The first-order valence-corrected chi connectivity index (χ1v) is 10.4. The maximum absolute atomic E-state index is 12.6. The lowest BCUT2D eigenvalue weighted by atomic mass is 10.1. The molecule has 1 saturated heterocycles. The van der Waals surface area contributed by atoms with Crippen molar-refractivity contribution in [2.75, 3.05) is 26.7 Å². The fourth-order valence-corrected chi connectivity index (χ4v) is 3.71. The van der Waals surface area contributed by atoms with Gasteiger partial charge in [0.2, 0.25) is 0 Å². The highest BCUT2D eigenvalue weighted by atomic mass is 79.9. The Hall–Kier alpha value is -2.05. The van der Waals surface area contributed by atoms with Crippen LogP contribution < -0.4 is 14.8 Å². The highest BCUT2D eigenvalue weighted by Crippen LogP contribution is 2.26. The van der Waals surface area contributed by atoms with Crippen molar-refractivity contribution < 1.29 is 14.3 Å². The number of hydrogen-bond donors (Lipinski definition) is 1. The van der Waals surface area contributed by atoms with Gasteiger partial charge >= 0.3 is 0 Å². The van der Waals surface area contributed by atoms with Gasteiger partial charge in [0, 0.05) is 11.0 Å². The smallest absolute Gasteiger partial charge is 0.260 e. The first-order chi connectivity index (χ1) is 13.6. The maximum atomic E-state index is 12.6. The van der Waals surface area contributed by atoms with Gasteiger partial charge in [-0.05, 0) is 74.8 Å². The van der Waals surface area contributed by atoms with Crippen LogP contribution in [0.4, 0.5) is 0 Å². The number of nitrogens with zero attached hydrogens (tertiary/aromatic N) is 1. The monoisotopic (exact) mass is 446 g/mol. The minimum atomic E-state index is -0.559. The fourth-order valence-electron chi connectivity index (χ4n) is 3.45. The molecule has 0 bridgehead atoms. The third kappa shape index (κ3) is 5.49. The average molecular weight is 447 g/mol. The second-order valence-corrected chi connectivity index (χ2v) is 7.91. The molecule has 5 nitrogen and oxygen atoms in total. The van der Waals surface area contributed by atoms with Crippen LogP contribution in [0.2, 0.25) is 0 Å². The standard InChI is InChI=1S/C22H27BrN2O3/c1-16(28-20-11-7-18(23)8-12-20)22(26)24-15-21(25-13-3-4-14-25)17-5-9-19(27-2)10-6-17/h5-12,16,21H,3-4,13-15H2,1-2H3,(H,24,26)/t16-,21-/m1/s1. The van der Waals surface area contributed by atoms with Gasteiger partial charge in [0.1, 0.15) is 11.5 Å². The normalized spacial score (nSPS) is 16.4. The third-order valence-electron chi connectivity index (χ3n) is 5.05. The van der Waals surface area contributed by atoms with Crippen molar-refractivity contribution in [1.29, 1.82) is 0 Å². The molecule has 1 amide bonds. The Balaban J connectivity index is 1.61. The number of ether oxygens (including phenoxy) is 2. The van der Waals surface area contributed by atoms with E-state index < -0.39 is 6.10 Å². The number of likely N-dealkylation sites (tertiary alicyclic amines) is 1. The molecule has 1 aliphatic rings. The Morgan fingerprint density at radius 2 is 1.68 bits per heavy atom. The van der Waals surface area contributed by atoms with E-state index in [9.17, 15) is 4.79 Å². The average Bonchev–Trinajstić information content (AvgIpc) is 3.24. The van der Waals surface area contributed by atoms with Crippen LogP contribution in [-0.4, -0.2) is 43.7 Å². The van der Waals surface area contributed by atoms with Crippen LogP contribution in [0.25, 0.3) is 0 Å². The van der Waals surface area contributed by atoms with Crippen LogP contribution in [0.1, 0.15) is 31.4 Å². The van der Waals surface area contributed by atoms with Gasteiger partial charge in [-0.2, -0.15) is 0 Å². The minimum absolute atomic E-state index is 0.111. The minimum Gasteiger partial charge on any atom is -0.497 e. The molecule has 0 unspecified atom stereocenters. The Labute approximate surface area is 175 Å². The lowest BCUT2D eigenvalue weighted by Crippen LogP contribution is -2.42. The predicted molar refractivity (Wildman–Crippen MR) is 114 cm³/mol. The van der Waals surface area contributed by atoms with Crippen LogP contribution in [0.15, 0.2) is 53.0 Å². The molecule has 0 saturated carbocycles. The topological polar surface area (TPSA) is 50.8 Å². The Kier molecular flexibility index (Phi) is 7.34. The molecule has 3 rings (SSSR count). The van der Waals surface area contributed by atoms with Gasteiger partial charge in [-0.15, -0.1) is 0 Å². The summed E-state index contributed by atoms with van der Waals surface area (Å²) >= 11 is 3.40. The quantitative estimate of drug-likeness (QED) is 0.660. The number of nitrogens with one attached hydrogen (secondary N) is 1. The van der Waals surface area contributed by atoms with Crippen molar-refractivity contribution in [3.8, 4) is 11.5 Å². The summed E-state index contributed by atoms with van der Waals surface area (Å²) in [6.07, 6.45) is 1.84. The molecule has 0 spiro atoms. The molecule has 2 aromatic carbocycles. The zero-order valence-electron chi connectivity index (χ0n) is 16.4. The number of carbonyl (C=O) groups excluding carboxylic acids is 1. The van der Waals surface area contributed by atoms with E-state index in [0.29, 0.717) is 12.3 Å². The van der Waals surface area contributed by atoms with E-state index in [0.717, 1.165) is 23.3 Å². The largest absolute Gasteiger partial charge is 0.497 e. The molecular formula is C22H27BrN2O3. The first-order valence-electron chi connectivity index (χ1n) is 9.65. The van der Waals surface area contributed by atoms with Gasteiger partial charge < -0.3 is 14.8 Å². The highest BCUT2D eigenvalue weighted by Gasteiger charge is 2.25. The second-order valence-electron chi connectivity index (χ2n) is 6.99. The van der Waals surface area contributed by atoms with Crippen molar-refractivity contribution in [2.45, 2.75) is 31.9 Å². The van der Waals surface area contributed by atoms with Crippen LogP contribution in [-0.2, 0) is 4.79 Å². The lowest BCUT2D eigenvalue weighted by molar-refractivity contribution is -0.127. The number of halogens is 1. The predicted octanol–water partition coefficient (Wildman–Crippen LogP) is 4.18. The van der Waals surface area contributed by atoms with Crippen molar-refractivity contribution in [3.05, 3.63) is 58.6 Å². The number of benzene rings is 2. The van der Waals surface area contributed by atoms with Crippen LogP contribution >= 0.6 is 15.9 Å². The van der Waals surface area contributed by atoms with Crippen LogP contribution in [0.5, 0.6) is 11.5 Å². The molecule has 28 heavy (non-hydrogen) atoms. The lowest BCUT2D eigenvalue weighted by Gasteiger charge is -2.29. The number of carbonyl (C=O) groups is 1. The molecule has 1 fully saturated rings. The second kappa shape index (κ2) is 9.94. The zero-order chi connectivity index (χ0) is 19.9. The molecule has 150 valence electrons. The van der Waals surface area contributed by atoms with Crippen LogP contribution in [0, 0.1) is 0 Å². The molecule has 6 heteroatoms. The van der Waals surface area contributed by atoms with E-state index in [1.165, 1.54) is 18.4 Å². The summed E-state index contributed by atoms with van der Waals surface area (Å²) in [5, 5.41) is 3.07. The van der Waals surface area contributed by atoms with Gasteiger partial charge in [0.15, 0.2) is 6.10 Å². The zero-order valence-corrected chi connectivity index (χ0v) is 17.9. The summed E-state index contributed by atoms with van der Waals surface area (Å²) in [4.78, 5) is 15.0. The number of amides is 1. The Morgan fingerprint density at radius 3 is 2.29 bits per heavy atom. The van der Waals surface area contributed by atoms with E-state index in [2.05, 4.69) is 38.3 Å². The van der Waals surface area contributed by atoms with Crippen molar-refractivity contribution in [3.63, 3.8) is 0 Å².